The Morgan fingerprint density at radius 1 is 1.60 bits per heavy atom. The molecule has 0 aromatic heterocycles. The van der Waals surface area contributed by atoms with Crippen molar-refractivity contribution in [3.05, 3.63) is 29.8 Å². The van der Waals surface area contributed by atoms with E-state index in [2.05, 4.69) is 0 Å². The number of hydrogen-bond donors (Lipinski definition) is 2. The van der Waals surface area contributed by atoms with Gasteiger partial charge in [-0.2, -0.15) is 0 Å². The number of hydrogen-bond acceptors (Lipinski definition) is 3. The normalized spacial score (nSPS) is 12.1. The molecule has 0 saturated carbocycles. The molecule has 1 aromatic carbocycles. The highest BCUT2D eigenvalue weighted by Gasteiger charge is 2.11. The van der Waals surface area contributed by atoms with E-state index in [9.17, 15) is 4.79 Å². The first-order chi connectivity index (χ1) is 7.13. The lowest BCUT2D eigenvalue weighted by atomic mass is 10.2. The van der Waals surface area contributed by atoms with Gasteiger partial charge in [-0.25, -0.2) is 0 Å². The lowest BCUT2D eigenvalue weighted by Gasteiger charge is -2.09. The van der Waals surface area contributed by atoms with E-state index < -0.39 is 11.9 Å². The van der Waals surface area contributed by atoms with Gasteiger partial charge in [0.1, 0.15) is 12.4 Å². The van der Waals surface area contributed by atoms with Gasteiger partial charge in [-0.05, 0) is 24.6 Å². The third-order valence-electron chi connectivity index (χ3n) is 2.06. The molecular formula is C11H15NO3. The lowest BCUT2D eigenvalue weighted by Crippen LogP contribution is -2.17. The zero-order valence-corrected chi connectivity index (χ0v) is 8.64. The maximum absolute atomic E-state index is 10.5. The minimum atomic E-state index is -0.857. The van der Waals surface area contributed by atoms with Crippen LogP contribution in [0.2, 0.25) is 0 Å². The van der Waals surface area contributed by atoms with Crippen LogP contribution in [-0.2, 0) is 11.3 Å². The summed E-state index contributed by atoms with van der Waals surface area (Å²) in [5.74, 6) is -0.706. The molecule has 1 atom stereocenters. The Hall–Kier alpha value is -1.55. The minimum absolute atomic E-state index is 0.170. The highest BCUT2D eigenvalue weighted by Crippen LogP contribution is 2.13. The Kier molecular flexibility index (Phi) is 4.12. The van der Waals surface area contributed by atoms with E-state index >= 15 is 0 Å². The van der Waals surface area contributed by atoms with Gasteiger partial charge in [-0.3, -0.25) is 4.79 Å². The van der Waals surface area contributed by atoms with Gasteiger partial charge in [0.25, 0.3) is 0 Å². The molecule has 82 valence electrons. The lowest BCUT2D eigenvalue weighted by molar-refractivity contribution is -0.142. The summed E-state index contributed by atoms with van der Waals surface area (Å²) in [6.45, 7) is 2.23. The van der Waals surface area contributed by atoms with E-state index in [1.54, 1.807) is 13.0 Å². The Morgan fingerprint density at radius 2 is 2.33 bits per heavy atom. The molecule has 4 nitrogen and oxygen atoms in total. The molecule has 1 rings (SSSR count). The highest BCUT2D eigenvalue weighted by molar-refractivity contribution is 5.69. The molecule has 0 heterocycles. The summed E-state index contributed by atoms with van der Waals surface area (Å²) in [6, 6.07) is 7.33. The number of carbonyl (C=O) groups is 1. The van der Waals surface area contributed by atoms with Crippen LogP contribution in [0.25, 0.3) is 0 Å². The van der Waals surface area contributed by atoms with Gasteiger partial charge >= 0.3 is 5.97 Å². The molecule has 15 heavy (non-hydrogen) atoms. The van der Waals surface area contributed by atoms with Crippen molar-refractivity contribution < 1.29 is 14.6 Å². The number of benzene rings is 1. The summed E-state index contributed by atoms with van der Waals surface area (Å²) in [6.07, 6.45) is 0. The Balaban J connectivity index is 2.53. The van der Waals surface area contributed by atoms with Crippen LogP contribution in [0.1, 0.15) is 12.5 Å². The Labute approximate surface area is 88.7 Å². The monoisotopic (exact) mass is 209 g/mol. The van der Waals surface area contributed by atoms with Gasteiger partial charge in [0.15, 0.2) is 0 Å². The fourth-order valence-corrected chi connectivity index (χ4v) is 1.05. The van der Waals surface area contributed by atoms with Crippen molar-refractivity contribution in [1.82, 2.24) is 0 Å². The van der Waals surface area contributed by atoms with Gasteiger partial charge in [0, 0.05) is 6.54 Å². The Morgan fingerprint density at radius 3 is 2.93 bits per heavy atom. The average Bonchev–Trinajstić information content (AvgIpc) is 2.26. The molecule has 1 aromatic rings. The first-order valence-corrected chi connectivity index (χ1v) is 4.78. The second-order valence-corrected chi connectivity index (χ2v) is 3.40. The summed E-state index contributed by atoms with van der Waals surface area (Å²) < 4.78 is 5.34. The molecule has 0 spiro atoms. The second-order valence-electron chi connectivity index (χ2n) is 3.40. The van der Waals surface area contributed by atoms with E-state index in [1.165, 1.54) is 0 Å². The van der Waals surface area contributed by atoms with Crippen LogP contribution in [0, 0.1) is 5.92 Å². The maximum Gasteiger partial charge on any atom is 0.309 e. The standard InChI is InChI=1S/C11H15NO3/c1-8(11(13)14)7-15-10-4-2-3-9(5-10)6-12/h2-5,8H,6-7,12H2,1H3,(H,13,14). The molecule has 0 amide bonds. The van der Waals surface area contributed by atoms with Crippen molar-refractivity contribution in [2.75, 3.05) is 6.61 Å². The summed E-state index contributed by atoms with van der Waals surface area (Å²) >= 11 is 0. The molecule has 0 saturated heterocycles. The first-order valence-electron chi connectivity index (χ1n) is 4.78. The van der Waals surface area contributed by atoms with Crippen LogP contribution < -0.4 is 10.5 Å². The van der Waals surface area contributed by atoms with Crippen LogP contribution in [-0.4, -0.2) is 17.7 Å². The van der Waals surface area contributed by atoms with Crippen LogP contribution in [0.4, 0.5) is 0 Å². The van der Waals surface area contributed by atoms with Gasteiger partial charge in [0.05, 0.1) is 5.92 Å². The second kappa shape index (κ2) is 5.36. The summed E-state index contributed by atoms with van der Waals surface area (Å²) in [7, 11) is 0. The van der Waals surface area contributed by atoms with Gasteiger partial charge in [0.2, 0.25) is 0 Å². The number of ether oxygens (including phenoxy) is 1. The number of nitrogens with two attached hydrogens (primary N) is 1. The van der Waals surface area contributed by atoms with Crippen LogP contribution in [0.5, 0.6) is 5.75 Å². The summed E-state index contributed by atoms with van der Waals surface area (Å²) in [4.78, 5) is 10.5. The number of carboxylic acids is 1. The molecule has 0 radical (unpaired) electrons. The van der Waals surface area contributed by atoms with Gasteiger partial charge < -0.3 is 15.6 Å². The minimum Gasteiger partial charge on any atom is -0.493 e. The highest BCUT2D eigenvalue weighted by atomic mass is 16.5. The quantitative estimate of drug-likeness (QED) is 0.765. The van der Waals surface area contributed by atoms with E-state index in [0.717, 1.165) is 5.56 Å². The topological polar surface area (TPSA) is 72.5 Å². The average molecular weight is 209 g/mol. The number of aliphatic carboxylic acids is 1. The molecule has 0 aliphatic carbocycles. The molecule has 3 N–H and O–H groups in total. The van der Waals surface area contributed by atoms with Crippen molar-refractivity contribution in [1.29, 1.82) is 0 Å². The predicted molar refractivity (Wildman–Crippen MR) is 56.6 cm³/mol. The van der Waals surface area contributed by atoms with Crippen molar-refractivity contribution in [3.63, 3.8) is 0 Å². The third-order valence-corrected chi connectivity index (χ3v) is 2.06. The van der Waals surface area contributed by atoms with Crippen molar-refractivity contribution in [2.45, 2.75) is 13.5 Å². The van der Waals surface area contributed by atoms with E-state index in [0.29, 0.717) is 12.3 Å². The van der Waals surface area contributed by atoms with Crippen molar-refractivity contribution in [2.24, 2.45) is 11.7 Å². The number of carboxylic acid groups (broad SMARTS) is 1. The van der Waals surface area contributed by atoms with E-state index in [1.807, 2.05) is 18.2 Å². The van der Waals surface area contributed by atoms with Gasteiger partial charge in [-0.15, -0.1) is 0 Å². The SMILES string of the molecule is CC(COc1cccc(CN)c1)C(=O)O. The zero-order valence-electron chi connectivity index (χ0n) is 8.64. The molecular weight excluding hydrogens is 194 g/mol. The van der Waals surface area contributed by atoms with E-state index in [4.69, 9.17) is 15.6 Å². The van der Waals surface area contributed by atoms with Crippen LogP contribution in [0.15, 0.2) is 24.3 Å². The van der Waals surface area contributed by atoms with Crippen LogP contribution in [0.3, 0.4) is 0 Å². The molecule has 0 bridgehead atoms. The molecule has 0 aliphatic rings. The van der Waals surface area contributed by atoms with Gasteiger partial charge in [-0.1, -0.05) is 12.1 Å². The Bertz CT molecular complexity index is 338. The summed E-state index contributed by atoms with van der Waals surface area (Å²) in [5, 5.41) is 8.66. The van der Waals surface area contributed by atoms with Crippen molar-refractivity contribution >= 4 is 5.97 Å². The molecule has 0 aliphatic heterocycles. The van der Waals surface area contributed by atoms with Crippen molar-refractivity contribution in [3.8, 4) is 5.75 Å². The fraction of sp³-hybridized carbons (Fsp3) is 0.364. The third kappa shape index (κ3) is 3.59. The predicted octanol–water partition coefficient (Wildman–Crippen LogP) is 1.24. The zero-order chi connectivity index (χ0) is 11.3. The summed E-state index contributed by atoms with van der Waals surface area (Å²) in [5.41, 5.74) is 6.44. The largest absolute Gasteiger partial charge is 0.493 e. The molecule has 4 heteroatoms. The fourth-order valence-electron chi connectivity index (χ4n) is 1.05. The molecule has 1 unspecified atom stereocenters. The van der Waals surface area contributed by atoms with Crippen LogP contribution >= 0.6 is 0 Å². The number of rotatable bonds is 5. The maximum atomic E-state index is 10.5. The molecule has 0 fully saturated rings. The van der Waals surface area contributed by atoms with E-state index in [-0.39, 0.29) is 6.61 Å². The first kappa shape index (κ1) is 11.5. The smallest absolute Gasteiger partial charge is 0.309 e.